The molecule has 0 radical (unpaired) electrons. The lowest BCUT2D eigenvalue weighted by Crippen LogP contribution is -2.28. The van der Waals surface area contributed by atoms with E-state index in [1.165, 1.54) is 225 Å². The smallest absolute Gasteiger partial charge is 0.306 e. The van der Waals surface area contributed by atoms with E-state index in [1.807, 2.05) is 0 Å². The number of carbonyl (C=O) groups is 2. The fourth-order valence-corrected chi connectivity index (χ4v) is 9.73. The molecule has 0 saturated carbocycles. The van der Waals surface area contributed by atoms with Crippen LogP contribution in [0.25, 0.3) is 0 Å². The minimum Gasteiger partial charge on any atom is -0.462 e. The number of aliphatic hydroxyl groups excluding tert-OH is 1. The molecule has 5 nitrogen and oxygen atoms in total. The standard InChI is InChI=1S/C71H126O5/c1-3-5-7-9-11-13-15-17-19-21-23-25-27-29-30-31-32-33-34-35-36-37-38-39-40-42-43-45-47-49-51-53-55-57-59-61-63-65-70(73)75-68-69(67-72)76-71(74)66-64-62-60-58-56-54-52-50-48-46-44-41-28-26-24-22-20-18-16-14-12-10-8-6-4-2/h6,8,12,14,18,20-21,23-24,26,41,44,48,50,69,72H,3-5,7,9-11,13,15-17,19,22,25,27-40,42-43,45-47,49,51-68H2,1-2H3/b8-6-,14-12-,20-18-,23-21-,26-24-,44-41-,50-48-. The summed E-state index contributed by atoms with van der Waals surface area (Å²) < 4.78 is 10.7. The van der Waals surface area contributed by atoms with Gasteiger partial charge in [0.1, 0.15) is 6.61 Å². The zero-order valence-corrected chi connectivity index (χ0v) is 50.5. The van der Waals surface area contributed by atoms with Crippen LogP contribution >= 0.6 is 0 Å². The summed E-state index contributed by atoms with van der Waals surface area (Å²) in [6, 6.07) is 0. The molecule has 0 aliphatic rings. The molecule has 1 unspecified atom stereocenters. The van der Waals surface area contributed by atoms with E-state index >= 15 is 0 Å². The molecular weight excluding hydrogens is 933 g/mol. The van der Waals surface area contributed by atoms with Gasteiger partial charge >= 0.3 is 11.9 Å². The van der Waals surface area contributed by atoms with E-state index in [1.54, 1.807) is 0 Å². The fraction of sp³-hybridized carbons (Fsp3) is 0.775. The first kappa shape index (κ1) is 73.1. The van der Waals surface area contributed by atoms with E-state index < -0.39 is 6.10 Å². The maximum Gasteiger partial charge on any atom is 0.306 e. The molecular formula is C71H126O5. The average molecular weight is 1060 g/mol. The summed E-state index contributed by atoms with van der Waals surface area (Å²) in [5.41, 5.74) is 0. The van der Waals surface area contributed by atoms with Gasteiger partial charge in [-0.05, 0) is 89.9 Å². The van der Waals surface area contributed by atoms with Gasteiger partial charge < -0.3 is 14.6 Å². The van der Waals surface area contributed by atoms with Crippen LogP contribution in [0.3, 0.4) is 0 Å². The molecule has 1 N–H and O–H groups in total. The van der Waals surface area contributed by atoms with Crippen molar-refractivity contribution in [1.29, 1.82) is 0 Å². The minimum atomic E-state index is -0.785. The van der Waals surface area contributed by atoms with Crippen molar-refractivity contribution in [3.05, 3.63) is 85.1 Å². The van der Waals surface area contributed by atoms with E-state index in [4.69, 9.17) is 9.47 Å². The summed E-state index contributed by atoms with van der Waals surface area (Å²) in [7, 11) is 0. The number of unbranched alkanes of at least 4 members (excludes halogenated alkanes) is 39. The van der Waals surface area contributed by atoms with Crippen molar-refractivity contribution >= 4 is 11.9 Å². The number of hydrogen-bond donors (Lipinski definition) is 1. The van der Waals surface area contributed by atoms with Crippen molar-refractivity contribution in [2.24, 2.45) is 0 Å². The van der Waals surface area contributed by atoms with Crippen LogP contribution in [0.15, 0.2) is 85.1 Å². The second-order valence-corrected chi connectivity index (χ2v) is 22.2. The molecule has 0 rings (SSSR count). The van der Waals surface area contributed by atoms with E-state index in [2.05, 4.69) is 98.9 Å². The lowest BCUT2D eigenvalue weighted by atomic mass is 10.0. The molecule has 0 saturated heterocycles. The van der Waals surface area contributed by atoms with Crippen molar-refractivity contribution in [2.45, 2.75) is 341 Å². The van der Waals surface area contributed by atoms with Gasteiger partial charge in [0.05, 0.1) is 6.61 Å². The lowest BCUT2D eigenvalue weighted by molar-refractivity contribution is -0.161. The third-order valence-corrected chi connectivity index (χ3v) is 14.7. The molecule has 0 heterocycles. The molecule has 0 fully saturated rings. The van der Waals surface area contributed by atoms with Gasteiger partial charge in [0.15, 0.2) is 6.10 Å². The Morgan fingerprint density at radius 1 is 0.316 bits per heavy atom. The van der Waals surface area contributed by atoms with Gasteiger partial charge in [-0.25, -0.2) is 0 Å². The highest BCUT2D eigenvalue weighted by Gasteiger charge is 2.16. The number of hydrogen-bond acceptors (Lipinski definition) is 5. The number of aliphatic hydroxyl groups is 1. The molecule has 0 aromatic heterocycles. The van der Waals surface area contributed by atoms with Crippen LogP contribution in [0.4, 0.5) is 0 Å². The Morgan fingerprint density at radius 3 is 0.868 bits per heavy atom. The van der Waals surface area contributed by atoms with Crippen LogP contribution in [0.5, 0.6) is 0 Å². The van der Waals surface area contributed by atoms with E-state index in [0.717, 1.165) is 83.5 Å². The molecule has 0 spiro atoms. The van der Waals surface area contributed by atoms with Crippen LogP contribution in [-0.2, 0) is 19.1 Å². The van der Waals surface area contributed by atoms with Crippen LogP contribution in [0.2, 0.25) is 0 Å². The van der Waals surface area contributed by atoms with Crippen LogP contribution in [0, 0.1) is 0 Å². The average Bonchev–Trinajstić information content (AvgIpc) is 3.42. The summed E-state index contributed by atoms with van der Waals surface area (Å²) in [6.07, 6.45) is 93.2. The van der Waals surface area contributed by atoms with Crippen molar-refractivity contribution in [2.75, 3.05) is 13.2 Å². The van der Waals surface area contributed by atoms with Gasteiger partial charge in [0, 0.05) is 12.8 Å². The SMILES string of the molecule is CC/C=C\C/C=C\C/C=C\C/C=C\C/C=C\C/C=C\CCCCCCCCC(=O)OC(CO)COC(=O)CCCCCCCCCCCCCCCCCCCCCCCCCCC/C=C\CCCCCCCCCC. The topological polar surface area (TPSA) is 72.8 Å². The van der Waals surface area contributed by atoms with Crippen molar-refractivity contribution in [3.8, 4) is 0 Å². The Bertz CT molecular complexity index is 1380. The quantitative estimate of drug-likeness (QED) is 0.0373. The van der Waals surface area contributed by atoms with Gasteiger partial charge in [-0.3, -0.25) is 9.59 Å². The van der Waals surface area contributed by atoms with Crippen LogP contribution < -0.4 is 0 Å². The minimum absolute atomic E-state index is 0.0729. The van der Waals surface area contributed by atoms with Gasteiger partial charge in [-0.15, -0.1) is 0 Å². The Morgan fingerprint density at radius 2 is 0.566 bits per heavy atom. The molecule has 0 aliphatic carbocycles. The zero-order valence-electron chi connectivity index (χ0n) is 50.5. The highest BCUT2D eigenvalue weighted by atomic mass is 16.6. The first-order valence-electron chi connectivity index (χ1n) is 33.1. The molecule has 76 heavy (non-hydrogen) atoms. The van der Waals surface area contributed by atoms with Crippen molar-refractivity contribution in [1.82, 2.24) is 0 Å². The summed E-state index contributed by atoms with van der Waals surface area (Å²) in [5.74, 6) is -0.598. The first-order valence-corrected chi connectivity index (χ1v) is 33.1. The molecule has 0 aromatic rings. The number of rotatable bonds is 61. The molecule has 0 aliphatic heterocycles. The second kappa shape index (κ2) is 66.4. The van der Waals surface area contributed by atoms with Crippen LogP contribution in [-0.4, -0.2) is 36.4 Å². The van der Waals surface area contributed by atoms with Gasteiger partial charge in [0.25, 0.3) is 0 Å². The fourth-order valence-electron chi connectivity index (χ4n) is 9.73. The molecule has 0 amide bonds. The Hall–Kier alpha value is -2.92. The number of esters is 2. The molecule has 440 valence electrons. The predicted octanol–water partition coefficient (Wildman–Crippen LogP) is 22.9. The molecule has 0 bridgehead atoms. The van der Waals surface area contributed by atoms with Gasteiger partial charge in [0.2, 0.25) is 0 Å². The largest absolute Gasteiger partial charge is 0.462 e. The number of carbonyl (C=O) groups excluding carboxylic acids is 2. The van der Waals surface area contributed by atoms with Crippen LogP contribution in [0.1, 0.15) is 335 Å². The Balaban J connectivity index is 3.44. The summed E-state index contributed by atoms with van der Waals surface area (Å²) in [4.78, 5) is 24.6. The summed E-state index contributed by atoms with van der Waals surface area (Å²) >= 11 is 0. The summed E-state index contributed by atoms with van der Waals surface area (Å²) in [6.45, 7) is 4.05. The predicted molar refractivity (Wildman–Crippen MR) is 334 cm³/mol. The number of allylic oxidation sites excluding steroid dienone is 14. The molecule has 5 heteroatoms. The molecule has 1 atom stereocenters. The zero-order chi connectivity index (χ0) is 54.8. The normalized spacial score (nSPS) is 12.7. The highest BCUT2D eigenvalue weighted by molar-refractivity contribution is 5.70. The first-order chi connectivity index (χ1) is 37.6. The van der Waals surface area contributed by atoms with Gasteiger partial charge in [-0.2, -0.15) is 0 Å². The van der Waals surface area contributed by atoms with Gasteiger partial charge in [-0.1, -0.05) is 317 Å². The third kappa shape index (κ3) is 63.6. The van der Waals surface area contributed by atoms with Crippen molar-refractivity contribution < 1.29 is 24.2 Å². The third-order valence-electron chi connectivity index (χ3n) is 14.7. The number of ether oxygens (including phenoxy) is 2. The Labute approximate surface area is 473 Å². The second-order valence-electron chi connectivity index (χ2n) is 22.2. The lowest BCUT2D eigenvalue weighted by Gasteiger charge is -2.15. The summed E-state index contributed by atoms with van der Waals surface area (Å²) in [5, 5.41) is 9.68. The Kier molecular flexibility index (Phi) is 63.8. The van der Waals surface area contributed by atoms with Crippen molar-refractivity contribution in [3.63, 3.8) is 0 Å². The monoisotopic (exact) mass is 1060 g/mol. The maximum absolute atomic E-state index is 12.3. The maximum atomic E-state index is 12.3. The van der Waals surface area contributed by atoms with E-state index in [0.29, 0.717) is 12.8 Å². The van der Waals surface area contributed by atoms with E-state index in [9.17, 15) is 14.7 Å². The highest BCUT2D eigenvalue weighted by Crippen LogP contribution is 2.18. The molecule has 0 aromatic carbocycles. The van der Waals surface area contributed by atoms with E-state index in [-0.39, 0.29) is 25.2 Å².